The largest absolute Gasteiger partial charge is 1.00 e. The molecule has 29 heavy (non-hydrogen) atoms. The first-order chi connectivity index (χ1) is 13.8. The Balaban J connectivity index is 0.00000240. The Kier molecular flexibility index (Phi) is 7.23. The fourth-order valence-electron chi connectivity index (χ4n) is 3.87. The summed E-state index contributed by atoms with van der Waals surface area (Å²) in [5.41, 5.74) is 2.22. The molecule has 4 aromatic carbocycles. The van der Waals surface area contributed by atoms with E-state index < -0.39 is 7.26 Å². The maximum atomic E-state index is 9.62. The van der Waals surface area contributed by atoms with Gasteiger partial charge >= 0.3 is 0 Å². The van der Waals surface area contributed by atoms with Crippen LogP contribution >= 0.6 is 7.26 Å². The van der Waals surface area contributed by atoms with E-state index in [1.807, 2.05) is 6.07 Å². The Morgan fingerprint density at radius 2 is 0.931 bits per heavy atom. The second-order valence-corrected chi connectivity index (χ2v) is 10.4. The van der Waals surface area contributed by atoms with Gasteiger partial charge in [0, 0.05) is 0 Å². The lowest BCUT2D eigenvalue weighted by molar-refractivity contribution is -0.00000639. The van der Waals surface area contributed by atoms with Gasteiger partial charge in [-0.05, 0) is 53.6 Å². The van der Waals surface area contributed by atoms with Crippen molar-refractivity contribution in [1.29, 1.82) is 0 Å². The first-order valence-electron chi connectivity index (χ1n) is 9.56. The lowest BCUT2D eigenvalue weighted by atomic mass is 10.1. The number of aliphatic hydroxyl groups excluding tert-OH is 1. The third-order valence-corrected chi connectivity index (χ3v) is 9.56. The number of aliphatic hydroxyl groups is 1. The molecule has 0 unspecified atom stereocenters. The van der Waals surface area contributed by atoms with E-state index in [0.29, 0.717) is 0 Å². The minimum Gasteiger partial charge on any atom is -1.00 e. The highest BCUT2D eigenvalue weighted by Gasteiger charge is 2.45. The molecule has 4 rings (SSSR count). The van der Waals surface area contributed by atoms with Gasteiger partial charge in [0.25, 0.3) is 0 Å². The molecule has 0 aliphatic carbocycles. The summed E-state index contributed by atoms with van der Waals surface area (Å²) in [5.74, 6) is 0. The van der Waals surface area contributed by atoms with E-state index in [2.05, 4.69) is 109 Å². The van der Waals surface area contributed by atoms with Crippen molar-refractivity contribution in [3.8, 4) is 0 Å². The van der Waals surface area contributed by atoms with Crippen LogP contribution in [-0.2, 0) is 12.8 Å². The third-order valence-electron chi connectivity index (χ3n) is 5.18. The smallest absolute Gasteiger partial charge is 0.116 e. The minimum absolute atomic E-state index is 0. The molecule has 0 saturated heterocycles. The summed E-state index contributed by atoms with van der Waals surface area (Å²) < 4.78 is 0. The van der Waals surface area contributed by atoms with Crippen LogP contribution in [0.2, 0.25) is 0 Å². The van der Waals surface area contributed by atoms with Crippen molar-refractivity contribution in [2.75, 3.05) is 0 Å². The van der Waals surface area contributed by atoms with Gasteiger partial charge in [-0.15, -0.1) is 0 Å². The summed E-state index contributed by atoms with van der Waals surface area (Å²) in [6.07, 6.45) is 0.929. The maximum Gasteiger partial charge on any atom is 0.116 e. The van der Waals surface area contributed by atoms with Crippen molar-refractivity contribution >= 4 is 23.2 Å². The fraction of sp³-hybridized carbons (Fsp3) is 0.0769. The van der Waals surface area contributed by atoms with E-state index >= 15 is 0 Å². The molecule has 0 aliphatic rings. The maximum absolute atomic E-state index is 9.62. The zero-order valence-corrected chi connectivity index (χ0v) is 17.8. The zero-order chi connectivity index (χ0) is 19.2. The predicted molar refractivity (Wildman–Crippen MR) is 121 cm³/mol. The van der Waals surface area contributed by atoms with Crippen LogP contribution in [0.1, 0.15) is 11.1 Å². The van der Waals surface area contributed by atoms with Gasteiger partial charge in [0.2, 0.25) is 0 Å². The highest BCUT2D eigenvalue weighted by Crippen LogP contribution is 2.58. The van der Waals surface area contributed by atoms with E-state index in [0.717, 1.165) is 11.7 Å². The zero-order valence-electron chi connectivity index (χ0n) is 16.2. The number of hydrogen-bond acceptors (Lipinski definition) is 1. The van der Waals surface area contributed by atoms with Gasteiger partial charge in [0.1, 0.15) is 23.2 Å². The van der Waals surface area contributed by atoms with E-state index in [1.165, 1.54) is 21.5 Å². The van der Waals surface area contributed by atoms with Crippen molar-refractivity contribution in [3.05, 3.63) is 126 Å². The summed E-state index contributed by atoms with van der Waals surface area (Å²) in [4.78, 5) is 0. The Bertz CT molecular complexity index is 923. The molecule has 0 atom stereocenters. The van der Waals surface area contributed by atoms with Crippen LogP contribution in [0.15, 0.2) is 115 Å². The van der Waals surface area contributed by atoms with Crippen LogP contribution in [0.4, 0.5) is 0 Å². The molecule has 146 valence electrons. The first-order valence-corrected chi connectivity index (χ1v) is 11.5. The van der Waals surface area contributed by atoms with Crippen LogP contribution in [-0.4, -0.2) is 5.11 Å². The molecule has 0 amide bonds. The molecular weight excluding hydrogens is 395 g/mol. The molecule has 0 bridgehead atoms. The van der Waals surface area contributed by atoms with Gasteiger partial charge in [-0.25, -0.2) is 0 Å². The second kappa shape index (κ2) is 9.85. The predicted octanol–water partition coefficient (Wildman–Crippen LogP) is 1.68. The molecule has 1 nitrogen and oxygen atoms in total. The molecule has 0 saturated carbocycles. The first kappa shape index (κ1) is 21.3. The summed E-state index contributed by atoms with van der Waals surface area (Å²) in [7, 11) is -1.89. The van der Waals surface area contributed by atoms with Crippen LogP contribution in [0.5, 0.6) is 0 Å². The van der Waals surface area contributed by atoms with Crippen molar-refractivity contribution in [2.24, 2.45) is 0 Å². The molecular formula is C26H24ClOP. The van der Waals surface area contributed by atoms with E-state index in [1.54, 1.807) is 0 Å². The normalized spacial score (nSPS) is 10.9. The summed E-state index contributed by atoms with van der Waals surface area (Å²) >= 11 is 0. The molecule has 0 radical (unpaired) electrons. The van der Waals surface area contributed by atoms with Crippen LogP contribution in [0.3, 0.4) is 0 Å². The van der Waals surface area contributed by atoms with Gasteiger partial charge in [-0.3, -0.25) is 0 Å². The Morgan fingerprint density at radius 3 is 1.34 bits per heavy atom. The van der Waals surface area contributed by atoms with E-state index in [4.69, 9.17) is 0 Å². The molecule has 4 aromatic rings. The molecule has 0 aromatic heterocycles. The van der Waals surface area contributed by atoms with Gasteiger partial charge in [0.05, 0.1) is 12.8 Å². The van der Waals surface area contributed by atoms with Gasteiger partial charge < -0.3 is 17.5 Å². The number of benzene rings is 4. The highest BCUT2D eigenvalue weighted by molar-refractivity contribution is 7.95. The van der Waals surface area contributed by atoms with Gasteiger partial charge in [0.15, 0.2) is 0 Å². The number of halogens is 1. The summed E-state index contributed by atoms with van der Waals surface area (Å²) in [6, 6.07) is 41.1. The Labute approximate surface area is 179 Å². The number of rotatable bonds is 6. The van der Waals surface area contributed by atoms with E-state index in [-0.39, 0.29) is 19.0 Å². The topological polar surface area (TPSA) is 20.2 Å². The van der Waals surface area contributed by atoms with Gasteiger partial charge in [-0.2, -0.15) is 0 Å². The van der Waals surface area contributed by atoms with Crippen molar-refractivity contribution < 1.29 is 17.5 Å². The van der Waals surface area contributed by atoms with Gasteiger partial charge in [-0.1, -0.05) is 72.8 Å². The van der Waals surface area contributed by atoms with Crippen molar-refractivity contribution in [2.45, 2.75) is 12.8 Å². The minimum atomic E-state index is -1.89. The molecule has 0 spiro atoms. The standard InChI is InChI=1S/C26H24OP.ClH/c27-20-22-11-10-12-23(19-22)21-28(24-13-4-1-5-14-24,25-15-6-2-7-16-25)26-17-8-3-9-18-26;/h1-19,27H,20-21H2;1H/q+1;/p-1. The second-order valence-electron chi connectivity index (χ2n) is 6.95. The summed E-state index contributed by atoms with van der Waals surface area (Å²) in [5, 5.41) is 13.8. The fourth-order valence-corrected chi connectivity index (χ4v) is 8.10. The van der Waals surface area contributed by atoms with Crippen LogP contribution in [0, 0.1) is 0 Å². The Hall–Kier alpha value is -2.44. The average molecular weight is 419 g/mol. The van der Waals surface area contributed by atoms with Crippen LogP contribution in [0.25, 0.3) is 0 Å². The molecule has 1 N–H and O–H groups in total. The molecule has 0 fully saturated rings. The van der Waals surface area contributed by atoms with Crippen molar-refractivity contribution in [1.82, 2.24) is 0 Å². The lowest BCUT2D eigenvalue weighted by Gasteiger charge is -2.28. The monoisotopic (exact) mass is 418 g/mol. The third kappa shape index (κ3) is 4.43. The van der Waals surface area contributed by atoms with E-state index in [9.17, 15) is 5.11 Å². The molecule has 3 heteroatoms. The Morgan fingerprint density at radius 1 is 0.517 bits per heavy atom. The van der Waals surface area contributed by atoms with Crippen LogP contribution < -0.4 is 28.3 Å². The SMILES string of the molecule is OCc1cccc(C[P+](c2ccccc2)(c2ccccc2)c2ccccc2)c1.[Cl-]. The highest BCUT2D eigenvalue weighted by atomic mass is 35.5. The molecule has 0 heterocycles. The summed E-state index contributed by atoms with van der Waals surface area (Å²) in [6.45, 7) is 0.0707. The molecule has 0 aliphatic heterocycles. The lowest BCUT2D eigenvalue weighted by Crippen LogP contribution is -3.00. The van der Waals surface area contributed by atoms with Crippen molar-refractivity contribution in [3.63, 3.8) is 0 Å². The quantitative estimate of drug-likeness (QED) is 0.472. The average Bonchev–Trinajstić information content (AvgIpc) is 2.79. The number of hydrogen-bond donors (Lipinski definition) is 1.